The summed E-state index contributed by atoms with van der Waals surface area (Å²) in [5.74, 6) is 0. The molecule has 2 fully saturated rings. The average Bonchev–Trinajstić information content (AvgIpc) is 3.03. The Morgan fingerprint density at radius 1 is 1.35 bits per heavy atom. The summed E-state index contributed by atoms with van der Waals surface area (Å²) in [5, 5.41) is 0. The van der Waals surface area contributed by atoms with Crippen molar-refractivity contribution in [3.05, 3.63) is 26.3 Å². The van der Waals surface area contributed by atoms with Gasteiger partial charge in [-0.05, 0) is 55.5 Å². The van der Waals surface area contributed by atoms with Gasteiger partial charge in [0, 0.05) is 5.69 Å². The number of aromatic nitrogens is 2. The Kier molecular flexibility index (Phi) is 3.75. The molecular formula is C15H21BrN2O2. The Bertz CT molecular complexity index is 576. The fourth-order valence-electron chi connectivity index (χ4n) is 3.61. The SMILES string of the molecule is Cc1nc(=O)n(CC2CCC3(CCCC3)O2)c(C)c1Br. The van der Waals surface area contributed by atoms with Crippen molar-refractivity contribution in [1.82, 2.24) is 9.55 Å². The van der Waals surface area contributed by atoms with Gasteiger partial charge < -0.3 is 4.74 Å². The summed E-state index contributed by atoms with van der Waals surface area (Å²) in [5.41, 5.74) is 1.65. The van der Waals surface area contributed by atoms with Crippen molar-refractivity contribution in [3.8, 4) is 0 Å². The summed E-state index contributed by atoms with van der Waals surface area (Å²) in [6.45, 7) is 4.43. The highest BCUT2D eigenvalue weighted by molar-refractivity contribution is 9.10. The number of hydrogen-bond donors (Lipinski definition) is 0. The maximum absolute atomic E-state index is 12.1. The second kappa shape index (κ2) is 5.26. The summed E-state index contributed by atoms with van der Waals surface area (Å²) < 4.78 is 8.96. The lowest BCUT2D eigenvalue weighted by Crippen LogP contribution is -2.33. The summed E-state index contributed by atoms with van der Waals surface area (Å²) in [7, 11) is 0. The highest BCUT2D eigenvalue weighted by atomic mass is 79.9. The van der Waals surface area contributed by atoms with Gasteiger partial charge >= 0.3 is 5.69 Å². The largest absolute Gasteiger partial charge is 0.370 e. The molecule has 1 spiro atoms. The van der Waals surface area contributed by atoms with Crippen LogP contribution >= 0.6 is 15.9 Å². The van der Waals surface area contributed by atoms with Gasteiger partial charge in [0.1, 0.15) is 0 Å². The molecule has 110 valence electrons. The molecule has 1 saturated carbocycles. The Morgan fingerprint density at radius 2 is 2.05 bits per heavy atom. The van der Waals surface area contributed by atoms with Crippen LogP contribution in [0.15, 0.2) is 9.27 Å². The van der Waals surface area contributed by atoms with E-state index in [1.165, 1.54) is 25.7 Å². The zero-order chi connectivity index (χ0) is 14.3. The fourth-order valence-corrected chi connectivity index (χ4v) is 3.91. The molecule has 0 N–H and O–H groups in total. The number of rotatable bonds is 2. The van der Waals surface area contributed by atoms with Crippen LogP contribution < -0.4 is 5.69 Å². The Morgan fingerprint density at radius 3 is 2.75 bits per heavy atom. The van der Waals surface area contributed by atoms with Crippen LogP contribution in [0.5, 0.6) is 0 Å². The van der Waals surface area contributed by atoms with E-state index in [0.717, 1.165) is 28.7 Å². The molecule has 1 saturated heterocycles. The molecule has 1 aromatic heterocycles. The maximum atomic E-state index is 12.1. The molecule has 0 bridgehead atoms. The molecule has 1 atom stereocenters. The van der Waals surface area contributed by atoms with E-state index < -0.39 is 0 Å². The third kappa shape index (κ3) is 2.46. The van der Waals surface area contributed by atoms with Gasteiger partial charge in [-0.25, -0.2) is 4.79 Å². The van der Waals surface area contributed by atoms with Gasteiger partial charge in [-0.15, -0.1) is 0 Å². The minimum Gasteiger partial charge on any atom is -0.370 e. The number of hydrogen-bond acceptors (Lipinski definition) is 3. The molecule has 2 heterocycles. The minimum absolute atomic E-state index is 0.123. The van der Waals surface area contributed by atoms with E-state index in [2.05, 4.69) is 20.9 Å². The predicted molar refractivity (Wildman–Crippen MR) is 81.0 cm³/mol. The summed E-state index contributed by atoms with van der Waals surface area (Å²) >= 11 is 3.51. The van der Waals surface area contributed by atoms with Gasteiger partial charge in [0.2, 0.25) is 0 Å². The van der Waals surface area contributed by atoms with E-state index in [1.54, 1.807) is 4.57 Å². The quantitative estimate of drug-likeness (QED) is 0.830. The van der Waals surface area contributed by atoms with E-state index in [1.807, 2.05) is 13.8 Å². The molecule has 0 amide bonds. The molecule has 5 heteroatoms. The van der Waals surface area contributed by atoms with Crippen LogP contribution in [-0.2, 0) is 11.3 Å². The van der Waals surface area contributed by atoms with Crippen molar-refractivity contribution in [1.29, 1.82) is 0 Å². The molecule has 1 aliphatic heterocycles. The molecule has 0 aromatic carbocycles. The molecule has 20 heavy (non-hydrogen) atoms. The van der Waals surface area contributed by atoms with Gasteiger partial charge in [-0.3, -0.25) is 4.57 Å². The molecule has 1 aromatic rings. The summed E-state index contributed by atoms with van der Waals surface area (Å²) in [4.78, 5) is 16.2. The van der Waals surface area contributed by atoms with E-state index in [-0.39, 0.29) is 17.4 Å². The Balaban J connectivity index is 1.79. The Hall–Kier alpha value is -0.680. The van der Waals surface area contributed by atoms with Crippen LogP contribution in [0.3, 0.4) is 0 Å². The first-order valence-electron chi connectivity index (χ1n) is 7.42. The van der Waals surface area contributed by atoms with Crippen LogP contribution in [0.2, 0.25) is 0 Å². The number of aryl methyl sites for hydroxylation is 1. The molecule has 2 aliphatic rings. The van der Waals surface area contributed by atoms with Crippen LogP contribution in [0.25, 0.3) is 0 Å². The lowest BCUT2D eigenvalue weighted by atomic mass is 9.98. The van der Waals surface area contributed by atoms with Gasteiger partial charge in [-0.1, -0.05) is 12.8 Å². The monoisotopic (exact) mass is 340 g/mol. The van der Waals surface area contributed by atoms with E-state index in [0.29, 0.717) is 6.54 Å². The zero-order valence-corrected chi connectivity index (χ0v) is 13.7. The first-order valence-corrected chi connectivity index (χ1v) is 8.21. The van der Waals surface area contributed by atoms with Crippen molar-refractivity contribution in [2.45, 2.75) is 70.6 Å². The lowest BCUT2D eigenvalue weighted by Gasteiger charge is -2.24. The van der Waals surface area contributed by atoms with Crippen molar-refractivity contribution in [3.63, 3.8) is 0 Å². The molecule has 3 rings (SSSR count). The second-order valence-corrected chi connectivity index (χ2v) is 6.95. The smallest absolute Gasteiger partial charge is 0.348 e. The van der Waals surface area contributed by atoms with Crippen LogP contribution in [0, 0.1) is 13.8 Å². The summed E-state index contributed by atoms with van der Waals surface area (Å²) in [6, 6.07) is 0. The Labute approximate surface area is 127 Å². The normalized spacial score (nSPS) is 24.6. The lowest BCUT2D eigenvalue weighted by molar-refractivity contribution is -0.0424. The molecule has 0 radical (unpaired) electrons. The molecule has 4 nitrogen and oxygen atoms in total. The predicted octanol–water partition coefficient (Wildman–Crippen LogP) is 3.11. The highest BCUT2D eigenvalue weighted by Crippen LogP contribution is 2.43. The van der Waals surface area contributed by atoms with Gasteiger partial charge in [0.05, 0.1) is 28.4 Å². The molecular weight excluding hydrogens is 320 g/mol. The van der Waals surface area contributed by atoms with Crippen molar-refractivity contribution in [2.24, 2.45) is 0 Å². The van der Waals surface area contributed by atoms with E-state index in [4.69, 9.17) is 4.74 Å². The van der Waals surface area contributed by atoms with Gasteiger partial charge in [0.25, 0.3) is 0 Å². The van der Waals surface area contributed by atoms with Crippen LogP contribution in [0.4, 0.5) is 0 Å². The number of halogens is 1. The van der Waals surface area contributed by atoms with E-state index >= 15 is 0 Å². The first-order chi connectivity index (χ1) is 9.51. The molecule has 1 unspecified atom stereocenters. The van der Waals surface area contributed by atoms with Crippen molar-refractivity contribution in [2.75, 3.05) is 0 Å². The van der Waals surface area contributed by atoms with Gasteiger partial charge in [0.15, 0.2) is 0 Å². The third-order valence-corrected chi connectivity index (χ3v) is 5.92. The van der Waals surface area contributed by atoms with Crippen molar-refractivity contribution < 1.29 is 4.74 Å². The summed E-state index contributed by atoms with van der Waals surface area (Å²) in [6.07, 6.45) is 7.29. The van der Waals surface area contributed by atoms with Gasteiger partial charge in [-0.2, -0.15) is 4.98 Å². The van der Waals surface area contributed by atoms with E-state index in [9.17, 15) is 4.79 Å². The van der Waals surface area contributed by atoms with Crippen LogP contribution in [0.1, 0.15) is 49.9 Å². The molecule has 1 aliphatic carbocycles. The average molecular weight is 341 g/mol. The maximum Gasteiger partial charge on any atom is 0.348 e. The number of ether oxygens (including phenoxy) is 1. The minimum atomic E-state index is -0.167. The number of nitrogens with zero attached hydrogens (tertiary/aromatic N) is 2. The van der Waals surface area contributed by atoms with Crippen LogP contribution in [-0.4, -0.2) is 21.3 Å². The highest BCUT2D eigenvalue weighted by Gasteiger charge is 2.42. The fraction of sp³-hybridized carbons (Fsp3) is 0.733. The standard InChI is InChI=1S/C15H21BrN2O2/c1-10-13(16)11(2)18(14(19)17-10)9-12-5-8-15(20-12)6-3-4-7-15/h12H,3-9H2,1-2H3. The second-order valence-electron chi connectivity index (χ2n) is 6.16. The third-order valence-electron chi connectivity index (χ3n) is 4.77. The van der Waals surface area contributed by atoms with Crippen molar-refractivity contribution >= 4 is 15.9 Å². The first kappa shape index (κ1) is 14.3. The zero-order valence-electron chi connectivity index (χ0n) is 12.1. The topological polar surface area (TPSA) is 44.1 Å².